The number of rotatable bonds is 0. The highest BCUT2D eigenvalue weighted by Crippen LogP contribution is 2.29. The van der Waals surface area contributed by atoms with Gasteiger partial charge in [-0.05, 0) is 36.4 Å². The smallest absolute Gasteiger partial charge is 0.141 e. The zero-order chi connectivity index (χ0) is 11.9. The molecule has 0 amide bonds. The Morgan fingerprint density at radius 1 is 0.611 bits per heavy atom. The average Bonchev–Trinajstić information content (AvgIpc) is 2.46. The van der Waals surface area contributed by atoms with Gasteiger partial charge in [0, 0.05) is 21.2 Å². The van der Waals surface area contributed by atoms with Gasteiger partial charge in [0.05, 0.1) is 12.5 Å². The van der Waals surface area contributed by atoms with Gasteiger partial charge in [-0.2, -0.15) is 0 Å². The predicted molar refractivity (Wildman–Crippen MR) is 71.7 cm³/mol. The molecule has 0 atom stereocenters. The van der Waals surface area contributed by atoms with Crippen molar-refractivity contribution in [3.63, 3.8) is 0 Å². The number of fused-ring (bicyclic) bond motifs is 5. The van der Waals surface area contributed by atoms with E-state index in [1.165, 1.54) is 0 Å². The molecule has 0 N–H and O–H groups in total. The molecule has 86 valence electrons. The summed E-state index contributed by atoms with van der Waals surface area (Å²) in [5.74, 6) is 1.80. The first-order valence-corrected chi connectivity index (χ1v) is 5.86. The zero-order valence-corrected chi connectivity index (χ0v) is 9.59. The first kappa shape index (κ1) is 9.54. The molecule has 2 aromatic carbocycles. The lowest BCUT2D eigenvalue weighted by Crippen LogP contribution is -2.12. The van der Waals surface area contributed by atoms with Crippen molar-refractivity contribution in [2.45, 2.75) is 0 Å². The van der Waals surface area contributed by atoms with E-state index in [2.05, 4.69) is 24.3 Å². The lowest BCUT2D eigenvalue weighted by atomic mass is 10.0. The Kier molecular flexibility index (Phi) is 1.86. The highest BCUT2D eigenvalue weighted by molar-refractivity contribution is 5.94. The van der Waals surface area contributed by atoms with Crippen molar-refractivity contribution < 1.29 is 9.47 Å². The third kappa shape index (κ3) is 1.23. The molecule has 0 unspecified atom stereocenters. The van der Waals surface area contributed by atoms with Crippen molar-refractivity contribution >= 4 is 22.9 Å². The molecule has 4 rings (SSSR count). The Morgan fingerprint density at radius 3 is 1.61 bits per heavy atom. The van der Waals surface area contributed by atoms with Crippen molar-refractivity contribution in [3.8, 4) is 11.5 Å². The lowest BCUT2D eigenvalue weighted by Gasteiger charge is -2.13. The third-order valence-electron chi connectivity index (χ3n) is 3.24. The van der Waals surface area contributed by atoms with E-state index in [9.17, 15) is 0 Å². The minimum absolute atomic E-state index is 0.899. The molecule has 2 heteroatoms. The average molecular weight is 234 g/mol. The molecule has 0 bridgehead atoms. The second-order valence-electron chi connectivity index (χ2n) is 4.29. The maximum Gasteiger partial charge on any atom is 0.141 e. The number of hydrogen-bond donors (Lipinski definition) is 0. The minimum Gasteiger partial charge on any atom is -0.464 e. The number of ether oxygens (including phenoxy) is 2. The van der Waals surface area contributed by atoms with Gasteiger partial charge >= 0.3 is 0 Å². The van der Waals surface area contributed by atoms with Crippen LogP contribution in [-0.4, -0.2) is 0 Å². The van der Waals surface area contributed by atoms with E-state index in [1.807, 2.05) is 24.3 Å². The van der Waals surface area contributed by atoms with E-state index in [4.69, 9.17) is 9.47 Å². The van der Waals surface area contributed by atoms with Gasteiger partial charge in [0.1, 0.15) is 11.5 Å². The van der Waals surface area contributed by atoms with E-state index in [0.717, 1.165) is 32.7 Å². The first-order valence-electron chi connectivity index (χ1n) is 5.86. The summed E-state index contributed by atoms with van der Waals surface area (Å²) in [5, 5.41) is 4.35. The van der Waals surface area contributed by atoms with Gasteiger partial charge in [0.2, 0.25) is 0 Å². The van der Waals surface area contributed by atoms with Crippen molar-refractivity contribution in [1.29, 1.82) is 0 Å². The summed E-state index contributed by atoms with van der Waals surface area (Å²) >= 11 is 0. The fourth-order valence-electron chi connectivity index (χ4n) is 2.41. The SMILES string of the molecule is C1=COc2c(ccc3c4c(ccc23)=CC=CO4)=C1. The molecule has 0 saturated heterocycles. The molecule has 0 fully saturated rings. The van der Waals surface area contributed by atoms with Crippen LogP contribution in [0.3, 0.4) is 0 Å². The Labute approximate surface area is 104 Å². The molecule has 2 heterocycles. The van der Waals surface area contributed by atoms with Crippen LogP contribution in [0.2, 0.25) is 0 Å². The summed E-state index contributed by atoms with van der Waals surface area (Å²) in [4.78, 5) is 0. The van der Waals surface area contributed by atoms with E-state index in [0.29, 0.717) is 0 Å². The van der Waals surface area contributed by atoms with E-state index >= 15 is 0 Å². The van der Waals surface area contributed by atoms with Gasteiger partial charge in [0.15, 0.2) is 0 Å². The van der Waals surface area contributed by atoms with Gasteiger partial charge in [-0.3, -0.25) is 0 Å². The molecule has 2 nitrogen and oxygen atoms in total. The van der Waals surface area contributed by atoms with Crippen LogP contribution in [0, 0.1) is 0 Å². The normalized spacial score (nSPS) is 14.9. The standard InChI is InChI=1S/C16H10O2/c1-3-11-5-7-14-13(15(11)17-9-1)8-6-12-4-2-10-18-16(12)14/h1-10H. The van der Waals surface area contributed by atoms with Crippen LogP contribution in [0.15, 0.2) is 48.9 Å². The largest absolute Gasteiger partial charge is 0.464 e. The summed E-state index contributed by atoms with van der Waals surface area (Å²) in [6, 6.07) is 8.28. The van der Waals surface area contributed by atoms with Crippen molar-refractivity contribution in [2.75, 3.05) is 0 Å². The maximum absolute atomic E-state index is 5.63. The number of benzene rings is 2. The second kappa shape index (κ2) is 3.50. The Morgan fingerprint density at radius 2 is 1.11 bits per heavy atom. The van der Waals surface area contributed by atoms with Crippen LogP contribution in [0.5, 0.6) is 11.5 Å². The van der Waals surface area contributed by atoms with Crippen LogP contribution < -0.4 is 19.9 Å². The second-order valence-corrected chi connectivity index (χ2v) is 4.29. The highest BCUT2D eigenvalue weighted by atomic mass is 16.5. The number of allylic oxidation sites excluding steroid dienone is 2. The molecule has 2 aromatic rings. The molecule has 0 radical (unpaired) electrons. The molecule has 2 aliphatic heterocycles. The highest BCUT2D eigenvalue weighted by Gasteiger charge is 2.11. The lowest BCUT2D eigenvalue weighted by molar-refractivity contribution is 0.475. The van der Waals surface area contributed by atoms with E-state index in [-0.39, 0.29) is 0 Å². The Bertz CT molecular complexity index is 755. The fourth-order valence-corrected chi connectivity index (χ4v) is 2.41. The van der Waals surface area contributed by atoms with Crippen molar-refractivity contribution in [2.24, 2.45) is 0 Å². The summed E-state index contributed by atoms with van der Waals surface area (Å²) in [6.45, 7) is 0. The van der Waals surface area contributed by atoms with Crippen molar-refractivity contribution in [1.82, 2.24) is 0 Å². The molecule has 2 aliphatic rings. The van der Waals surface area contributed by atoms with Crippen molar-refractivity contribution in [3.05, 3.63) is 59.4 Å². The Balaban J connectivity index is 2.17. The van der Waals surface area contributed by atoms with Gasteiger partial charge in [-0.15, -0.1) is 0 Å². The summed E-state index contributed by atoms with van der Waals surface area (Å²) in [7, 11) is 0. The molecule has 0 spiro atoms. The van der Waals surface area contributed by atoms with E-state index in [1.54, 1.807) is 12.5 Å². The summed E-state index contributed by atoms with van der Waals surface area (Å²) < 4.78 is 11.3. The molecule has 0 saturated carbocycles. The van der Waals surface area contributed by atoms with E-state index < -0.39 is 0 Å². The van der Waals surface area contributed by atoms with Gasteiger partial charge < -0.3 is 9.47 Å². The van der Waals surface area contributed by atoms with Gasteiger partial charge in [0.25, 0.3) is 0 Å². The molecular weight excluding hydrogens is 224 g/mol. The van der Waals surface area contributed by atoms with Gasteiger partial charge in [-0.1, -0.05) is 12.1 Å². The molecule has 0 aliphatic carbocycles. The van der Waals surface area contributed by atoms with Crippen LogP contribution >= 0.6 is 0 Å². The van der Waals surface area contributed by atoms with Gasteiger partial charge in [-0.25, -0.2) is 0 Å². The maximum atomic E-state index is 5.63. The van der Waals surface area contributed by atoms with Crippen LogP contribution in [-0.2, 0) is 0 Å². The zero-order valence-electron chi connectivity index (χ0n) is 9.59. The predicted octanol–water partition coefficient (Wildman–Crippen LogP) is 2.21. The Hall–Kier alpha value is -2.48. The monoisotopic (exact) mass is 234 g/mol. The first-order chi connectivity index (χ1) is 8.93. The quantitative estimate of drug-likeness (QED) is 0.695. The fraction of sp³-hybridized carbons (Fsp3) is 0. The molecular formula is C16H10O2. The van der Waals surface area contributed by atoms with Crippen LogP contribution in [0.4, 0.5) is 0 Å². The molecule has 0 aromatic heterocycles. The third-order valence-corrected chi connectivity index (χ3v) is 3.24. The summed E-state index contributed by atoms with van der Waals surface area (Å²) in [5.41, 5.74) is 0. The minimum atomic E-state index is 0.899. The summed E-state index contributed by atoms with van der Waals surface area (Å²) in [6.07, 6.45) is 11.3. The topological polar surface area (TPSA) is 18.5 Å². The van der Waals surface area contributed by atoms with Crippen LogP contribution in [0.1, 0.15) is 0 Å². The number of hydrogen-bond acceptors (Lipinski definition) is 2. The molecule has 18 heavy (non-hydrogen) atoms. The van der Waals surface area contributed by atoms with Crippen LogP contribution in [0.25, 0.3) is 22.9 Å².